The van der Waals surface area contributed by atoms with E-state index in [-0.39, 0.29) is 16.9 Å². The van der Waals surface area contributed by atoms with E-state index in [1.165, 1.54) is 0 Å². The number of aliphatic hydroxyl groups is 1. The van der Waals surface area contributed by atoms with E-state index in [0.29, 0.717) is 0 Å². The minimum Gasteiger partial charge on any atom is -0.393 e. The highest BCUT2D eigenvalue weighted by atomic mass is 16.3. The molecule has 0 bridgehead atoms. The molecular formula is C12H19NO. The van der Waals surface area contributed by atoms with Gasteiger partial charge >= 0.3 is 0 Å². The Morgan fingerprint density at radius 1 is 1.29 bits per heavy atom. The summed E-state index contributed by atoms with van der Waals surface area (Å²) in [6.45, 7) is 12.5. The lowest BCUT2D eigenvalue weighted by Crippen LogP contribution is -2.42. The zero-order chi connectivity index (χ0) is 10.6. The van der Waals surface area contributed by atoms with Crippen molar-refractivity contribution >= 4 is 0 Å². The van der Waals surface area contributed by atoms with Crippen molar-refractivity contribution in [3.05, 3.63) is 24.6 Å². The second-order valence-electron chi connectivity index (χ2n) is 5.14. The normalized spacial score (nSPS) is 47.5. The van der Waals surface area contributed by atoms with Crippen LogP contribution in [-0.4, -0.2) is 11.2 Å². The Bertz CT molecular complexity index is 309. The number of fused-ring (bicyclic) bond motifs is 1. The van der Waals surface area contributed by atoms with Crippen molar-refractivity contribution in [2.45, 2.75) is 39.2 Å². The molecule has 0 radical (unpaired) electrons. The largest absolute Gasteiger partial charge is 0.393 e. The standard InChI is InChI=1S/C12H19NO/c1-8-11(3)6-5-10(14)7-12(11,4)9(2)13-8/h10,13-14H,1-2,5-7H2,3-4H3. The van der Waals surface area contributed by atoms with Crippen molar-refractivity contribution < 1.29 is 5.11 Å². The fourth-order valence-electron chi connectivity index (χ4n) is 2.93. The maximum Gasteiger partial charge on any atom is 0.0549 e. The molecule has 1 saturated carbocycles. The topological polar surface area (TPSA) is 32.3 Å². The van der Waals surface area contributed by atoms with Crippen LogP contribution in [0.3, 0.4) is 0 Å². The molecular weight excluding hydrogens is 174 g/mol. The number of hydrogen-bond acceptors (Lipinski definition) is 2. The molecule has 78 valence electrons. The smallest absolute Gasteiger partial charge is 0.0549 e. The fourth-order valence-corrected chi connectivity index (χ4v) is 2.93. The molecule has 3 atom stereocenters. The van der Waals surface area contributed by atoms with Crippen molar-refractivity contribution in [3.63, 3.8) is 0 Å². The average molecular weight is 193 g/mol. The Labute approximate surface area is 85.7 Å². The van der Waals surface area contributed by atoms with Crippen LogP contribution in [0.5, 0.6) is 0 Å². The van der Waals surface area contributed by atoms with Crippen molar-refractivity contribution in [3.8, 4) is 0 Å². The molecule has 2 fully saturated rings. The van der Waals surface area contributed by atoms with Crippen LogP contribution in [0.4, 0.5) is 0 Å². The van der Waals surface area contributed by atoms with Gasteiger partial charge in [0.15, 0.2) is 0 Å². The summed E-state index contributed by atoms with van der Waals surface area (Å²) in [4.78, 5) is 0. The SMILES string of the molecule is C=C1NC(=C)C2(C)CC(O)CCC12C. The molecule has 1 saturated heterocycles. The highest BCUT2D eigenvalue weighted by molar-refractivity contribution is 5.34. The van der Waals surface area contributed by atoms with Crippen LogP contribution in [0, 0.1) is 10.8 Å². The van der Waals surface area contributed by atoms with E-state index in [2.05, 4.69) is 32.3 Å². The van der Waals surface area contributed by atoms with Gasteiger partial charge in [-0.25, -0.2) is 0 Å². The summed E-state index contributed by atoms with van der Waals surface area (Å²) in [5, 5.41) is 13.0. The molecule has 2 heteroatoms. The van der Waals surface area contributed by atoms with Gasteiger partial charge in [-0.15, -0.1) is 0 Å². The lowest BCUT2D eigenvalue weighted by atomic mass is 9.57. The second kappa shape index (κ2) is 2.63. The Morgan fingerprint density at radius 2 is 1.86 bits per heavy atom. The molecule has 2 N–H and O–H groups in total. The van der Waals surface area contributed by atoms with E-state index in [1.54, 1.807) is 0 Å². The van der Waals surface area contributed by atoms with Crippen LogP contribution in [0.25, 0.3) is 0 Å². The molecule has 14 heavy (non-hydrogen) atoms. The van der Waals surface area contributed by atoms with Gasteiger partial charge < -0.3 is 10.4 Å². The summed E-state index contributed by atoms with van der Waals surface area (Å²) in [6, 6.07) is 0. The van der Waals surface area contributed by atoms with Gasteiger partial charge in [-0.05, 0) is 19.3 Å². The van der Waals surface area contributed by atoms with Crippen molar-refractivity contribution in [1.82, 2.24) is 5.32 Å². The third-order valence-electron chi connectivity index (χ3n) is 4.47. The summed E-state index contributed by atoms with van der Waals surface area (Å²) in [7, 11) is 0. The van der Waals surface area contributed by atoms with Crippen LogP contribution in [0.1, 0.15) is 33.1 Å². The van der Waals surface area contributed by atoms with E-state index in [4.69, 9.17) is 0 Å². The Kier molecular flexibility index (Phi) is 1.84. The number of aliphatic hydroxyl groups excluding tert-OH is 1. The highest BCUT2D eigenvalue weighted by Gasteiger charge is 2.56. The molecule has 2 nitrogen and oxygen atoms in total. The predicted molar refractivity (Wildman–Crippen MR) is 57.5 cm³/mol. The summed E-state index contributed by atoms with van der Waals surface area (Å²) in [5.74, 6) is 0. The maximum absolute atomic E-state index is 9.74. The lowest BCUT2D eigenvalue weighted by molar-refractivity contribution is 0.0101. The molecule has 0 amide bonds. The Morgan fingerprint density at radius 3 is 2.50 bits per heavy atom. The van der Waals surface area contributed by atoms with Gasteiger partial charge in [-0.1, -0.05) is 27.0 Å². The fraction of sp³-hybridized carbons (Fsp3) is 0.667. The number of rotatable bonds is 0. The first-order valence-electron chi connectivity index (χ1n) is 5.24. The summed E-state index contributed by atoms with van der Waals surface area (Å²) < 4.78 is 0. The molecule has 1 aliphatic carbocycles. The molecule has 2 rings (SSSR count). The minimum absolute atomic E-state index is 0.0260. The molecule has 1 heterocycles. The van der Waals surface area contributed by atoms with E-state index in [0.717, 1.165) is 30.7 Å². The van der Waals surface area contributed by atoms with Gasteiger partial charge in [0.05, 0.1) is 6.10 Å². The maximum atomic E-state index is 9.74. The van der Waals surface area contributed by atoms with Crippen LogP contribution >= 0.6 is 0 Å². The number of nitrogens with one attached hydrogen (secondary N) is 1. The second-order valence-corrected chi connectivity index (χ2v) is 5.14. The minimum atomic E-state index is -0.183. The molecule has 0 aromatic heterocycles. The van der Waals surface area contributed by atoms with E-state index in [9.17, 15) is 5.11 Å². The molecule has 0 aromatic carbocycles. The monoisotopic (exact) mass is 193 g/mol. The van der Waals surface area contributed by atoms with E-state index < -0.39 is 0 Å². The van der Waals surface area contributed by atoms with Gasteiger partial charge in [-0.3, -0.25) is 0 Å². The molecule has 0 aromatic rings. The van der Waals surface area contributed by atoms with Gasteiger partial charge in [0.1, 0.15) is 0 Å². The average Bonchev–Trinajstić information content (AvgIpc) is 2.26. The highest BCUT2D eigenvalue weighted by Crippen LogP contribution is 2.60. The van der Waals surface area contributed by atoms with Gasteiger partial charge in [-0.2, -0.15) is 0 Å². The zero-order valence-electron chi connectivity index (χ0n) is 9.06. The molecule has 3 unspecified atom stereocenters. The lowest BCUT2D eigenvalue weighted by Gasteiger charge is -2.46. The third kappa shape index (κ3) is 0.949. The molecule has 2 aliphatic rings. The first-order chi connectivity index (χ1) is 6.40. The summed E-state index contributed by atoms with van der Waals surface area (Å²) in [5.41, 5.74) is 2.13. The van der Waals surface area contributed by atoms with Crippen LogP contribution in [0.2, 0.25) is 0 Å². The van der Waals surface area contributed by atoms with Crippen LogP contribution in [0.15, 0.2) is 24.6 Å². The quantitative estimate of drug-likeness (QED) is 0.618. The van der Waals surface area contributed by atoms with Crippen LogP contribution < -0.4 is 5.32 Å². The first kappa shape index (κ1) is 9.78. The van der Waals surface area contributed by atoms with E-state index >= 15 is 0 Å². The van der Waals surface area contributed by atoms with Gasteiger partial charge in [0.25, 0.3) is 0 Å². The first-order valence-corrected chi connectivity index (χ1v) is 5.24. The van der Waals surface area contributed by atoms with Crippen molar-refractivity contribution in [1.29, 1.82) is 0 Å². The van der Waals surface area contributed by atoms with Crippen molar-refractivity contribution in [2.24, 2.45) is 10.8 Å². The molecule has 1 aliphatic heterocycles. The zero-order valence-corrected chi connectivity index (χ0v) is 9.06. The van der Waals surface area contributed by atoms with Gasteiger partial charge in [0, 0.05) is 22.2 Å². The predicted octanol–water partition coefficient (Wildman–Crippen LogP) is 2.17. The summed E-state index contributed by atoms with van der Waals surface area (Å²) in [6.07, 6.45) is 2.49. The Hall–Kier alpha value is -0.760. The van der Waals surface area contributed by atoms with E-state index in [1.807, 2.05) is 0 Å². The third-order valence-corrected chi connectivity index (χ3v) is 4.47. The van der Waals surface area contributed by atoms with Crippen LogP contribution in [-0.2, 0) is 0 Å². The van der Waals surface area contributed by atoms with Crippen molar-refractivity contribution in [2.75, 3.05) is 0 Å². The summed E-state index contributed by atoms with van der Waals surface area (Å²) >= 11 is 0. The number of hydrogen-bond donors (Lipinski definition) is 2. The molecule has 0 spiro atoms. The van der Waals surface area contributed by atoms with Gasteiger partial charge in [0.2, 0.25) is 0 Å². The Balaban J connectivity index is 2.44. The number of allylic oxidation sites excluding steroid dienone is 2.